The first-order chi connectivity index (χ1) is 14.6. The van der Waals surface area contributed by atoms with Gasteiger partial charge in [0.25, 0.3) is 5.91 Å². The van der Waals surface area contributed by atoms with Gasteiger partial charge >= 0.3 is 0 Å². The summed E-state index contributed by atoms with van der Waals surface area (Å²) in [4.78, 5) is 12.3. The molecule has 30 heavy (non-hydrogen) atoms. The van der Waals surface area contributed by atoms with Gasteiger partial charge in [-0.05, 0) is 73.3 Å². The summed E-state index contributed by atoms with van der Waals surface area (Å²) in [5.41, 5.74) is 4.81. The zero-order valence-electron chi connectivity index (χ0n) is 15.6. The van der Waals surface area contributed by atoms with Gasteiger partial charge in [-0.3, -0.25) is 4.79 Å². The van der Waals surface area contributed by atoms with E-state index >= 15 is 0 Å². The van der Waals surface area contributed by atoms with Crippen LogP contribution in [0.15, 0.2) is 74.7 Å². The molecule has 0 fully saturated rings. The van der Waals surface area contributed by atoms with Crippen molar-refractivity contribution in [2.75, 3.05) is 6.79 Å². The fraction of sp³-hybridized carbons (Fsp3) is 0.0909. The topological polar surface area (TPSA) is 69.2 Å². The number of carbonyl (C=O) groups is 1. The first-order valence-electron chi connectivity index (χ1n) is 8.99. The number of hydrogen-bond donors (Lipinski definition) is 1. The van der Waals surface area contributed by atoms with Gasteiger partial charge in [0.05, 0.1) is 15.2 Å². The molecule has 0 saturated carbocycles. The Morgan fingerprint density at radius 1 is 1.03 bits per heavy atom. The molecule has 0 unspecified atom stereocenters. The highest BCUT2D eigenvalue weighted by Gasteiger charge is 2.16. The van der Waals surface area contributed by atoms with E-state index in [1.54, 1.807) is 24.4 Å². The Labute approximate surface area is 190 Å². The summed E-state index contributed by atoms with van der Waals surface area (Å²) in [6.07, 6.45) is 1.56. The van der Waals surface area contributed by atoms with Crippen LogP contribution in [-0.4, -0.2) is 18.9 Å². The zero-order valence-corrected chi connectivity index (χ0v) is 18.8. The van der Waals surface area contributed by atoms with Crippen molar-refractivity contribution in [1.82, 2.24) is 5.43 Å². The van der Waals surface area contributed by atoms with Gasteiger partial charge in [0.1, 0.15) is 12.4 Å². The third-order valence-electron chi connectivity index (χ3n) is 4.26. The van der Waals surface area contributed by atoms with Crippen molar-refractivity contribution >= 4 is 44.0 Å². The van der Waals surface area contributed by atoms with Crippen LogP contribution in [0.2, 0.25) is 0 Å². The Balaban J connectivity index is 1.39. The molecule has 3 aromatic carbocycles. The van der Waals surface area contributed by atoms with E-state index in [0.29, 0.717) is 29.4 Å². The largest absolute Gasteiger partial charge is 0.487 e. The van der Waals surface area contributed by atoms with Crippen LogP contribution in [0.5, 0.6) is 17.2 Å². The normalized spacial score (nSPS) is 12.2. The summed E-state index contributed by atoms with van der Waals surface area (Å²) in [7, 11) is 0. The van der Waals surface area contributed by atoms with Gasteiger partial charge in [-0.15, -0.1) is 0 Å². The molecule has 0 aliphatic carbocycles. The second-order valence-corrected chi connectivity index (χ2v) is 8.06. The third-order valence-corrected chi connectivity index (χ3v) is 5.44. The van der Waals surface area contributed by atoms with E-state index in [-0.39, 0.29) is 12.7 Å². The summed E-state index contributed by atoms with van der Waals surface area (Å²) in [5, 5.41) is 4.04. The number of nitrogens with one attached hydrogen (secondary N) is 1. The molecule has 0 saturated heterocycles. The van der Waals surface area contributed by atoms with Gasteiger partial charge in [-0.1, -0.05) is 30.3 Å². The number of carbonyl (C=O) groups excluding carboxylic acids is 1. The van der Waals surface area contributed by atoms with Crippen LogP contribution in [0, 0.1) is 0 Å². The van der Waals surface area contributed by atoms with E-state index in [9.17, 15) is 4.79 Å². The molecule has 1 aliphatic rings. The molecule has 0 radical (unpaired) electrons. The number of ether oxygens (including phenoxy) is 3. The van der Waals surface area contributed by atoms with E-state index < -0.39 is 0 Å². The Kier molecular flexibility index (Phi) is 6.35. The first kappa shape index (κ1) is 20.4. The lowest BCUT2D eigenvalue weighted by Gasteiger charge is -2.11. The molecule has 1 amide bonds. The predicted octanol–water partition coefficient (Wildman–Crippen LogP) is 5.28. The average molecular weight is 532 g/mol. The second-order valence-electron chi connectivity index (χ2n) is 6.36. The van der Waals surface area contributed by atoms with Gasteiger partial charge in [0.2, 0.25) is 6.79 Å². The Morgan fingerprint density at radius 2 is 1.77 bits per heavy atom. The summed E-state index contributed by atoms with van der Waals surface area (Å²) in [6.45, 7) is 0.616. The minimum absolute atomic E-state index is 0.160. The highest BCUT2D eigenvalue weighted by atomic mass is 79.9. The quantitative estimate of drug-likeness (QED) is 0.347. The van der Waals surface area contributed by atoms with Crippen molar-refractivity contribution in [3.63, 3.8) is 0 Å². The zero-order chi connectivity index (χ0) is 20.9. The summed E-state index contributed by atoms with van der Waals surface area (Å²) in [5.74, 6) is 1.52. The summed E-state index contributed by atoms with van der Waals surface area (Å²) < 4.78 is 18.0. The highest BCUT2D eigenvalue weighted by molar-refractivity contribution is 9.11. The maximum Gasteiger partial charge on any atom is 0.271 e. The van der Waals surface area contributed by atoms with Crippen molar-refractivity contribution in [2.45, 2.75) is 6.61 Å². The molecular formula is C22H16Br2N2O4. The molecule has 1 heterocycles. The fourth-order valence-corrected chi connectivity index (χ4v) is 4.24. The lowest BCUT2D eigenvalue weighted by atomic mass is 10.2. The molecule has 152 valence electrons. The second kappa shape index (κ2) is 9.32. The predicted molar refractivity (Wildman–Crippen MR) is 120 cm³/mol. The lowest BCUT2D eigenvalue weighted by molar-refractivity contribution is 0.0954. The van der Waals surface area contributed by atoms with E-state index in [2.05, 4.69) is 42.4 Å². The molecule has 6 nitrogen and oxygen atoms in total. The van der Waals surface area contributed by atoms with Crippen LogP contribution in [0.4, 0.5) is 0 Å². The molecule has 0 bridgehead atoms. The molecule has 3 aromatic rings. The van der Waals surface area contributed by atoms with Crippen LogP contribution in [0.1, 0.15) is 21.5 Å². The van der Waals surface area contributed by atoms with E-state index in [4.69, 9.17) is 14.2 Å². The average Bonchev–Trinajstić information content (AvgIpc) is 3.22. The number of benzene rings is 3. The summed E-state index contributed by atoms with van der Waals surface area (Å²) in [6, 6.07) is 18.6. The van der Waals surface area contributed by atoms with Gasteiger partial charge in [-0.25, -0.2) is 5.43 Å². The monoisotopic (exact) mass is 530 g/mol. The molecule has 1 N–H and O–H groups in total. The number of rotatable bonds is 6. The smallest absolute Gasteiger partial charge is 0.271 e. The maximum absolute atomic E-state index is 12.3. The lowest BCUT2D eigenvalue weighted by Crippen LogP contribution is -2.17. The van der Waals surface area contributed by atoms with E-state index in [0.717, 1.165) is 20.1 Å². The molecule has 0 spiro atoms. The van der Waals surface area contributed by atoms with Crippen molar-refractivity contribution in [3.8, 4) is 17.2 Å². The molecule has 0 aromatic heterocycles. The molecule has 8 heteroatoms. The third kappa shape index (κ3) is 4.83. The molecular weight excluding hydrogens is 516 g/mol. The summed E-state index contributed by atoms with van der Waals surface area (Å²) >= 11 is 7.06. The van der Waals surface area contributed by atoms with Crippen molar-refractivity contribution < 1.29 is 19.0 Å². The molecule has 4 rings (SSSR count). The van der Waals surface area contributed by atoms with Crippen molar-refractivity contribution in [2.24, 2.45) is 5.10 Å². The number of hydrogen-bond acceptors (Lipinski definition) is 5. The minimum atomic E-state index is -0.342. The maximum atomic E-state index is 12.3. The highest BCUT2D eigenvalue weighted by Crippen LogP contribution is 2.35. The number of fused-ring (bicyclic) bond motifs is 1. The van der Waals surface area contributed by atoms with Crippen LogP contribution >= 0.6 is 31.9 Å². The fourth-order valence-electron chi connectivity index (χ4n) is 2.79. The van der Waals surface area contributed by atoms with Crippen molar-refractivity contribution in [1.29, 1.82) is 0 Å². The Morgan fingerprint density at radius 3 is 2.53 bits per heavy atom. The Bertz CT molecular complexity index is 1080. The van der Waals surface area contributed by atoms with Crippen molar-refractivity contribution in [3.05, 3.63) is 86.3 Å². The molecule has 1 aliphatic heterocycles. The van der Waals surface area contributed by atoms with Gasteiger partial charge in [-0.2, -0.15) is 5.10 Å². The first-order valence-corrected chi connectivity index (χ1v) is 10.6. The van der Waals surface area contributed by atoms with E-state index in [1.807, 2.05) is 42.5 Å². The number of hydrazone groups is 1. The SMILES string of the molecule is O=C(NN=Cc1cc(Br)c(OCc2ccccc2)c(Br)c1)c1ccc2c(c1)OCO2. The molecule has 0 atom stereocenters. The van der Waals surface area contributed by atoms with Crippen LogP contribution in [0.25, 0.3) is 0 Å². The number of halogens is 2. The van der Waals surface area contributed by atoms with Crippen LogP contribution in [0.3, 0.4) is 0 Å². The van der Waals surface area contributed by atoms with Gasteiger partial charge in [0, 0.05) is 5.56 Å². The van der Waals surface area contributed by atoms with Gasteiger partial charge in [0.15, 0.2) is 11.5 Å². The minimum Gasteiger partial charge on any atom is -0.487 e. The van der Waals surface area contributed by atoms with E-state index in [1.165, 1.54) is 0 Å². The number of amides is 1. The number of nitrogens with zero attached hydrogens (tertiary/aromatic N) is 1. The van der Waals surface area contributed by atoms with Gasteiger partial charge < -0.3 is 14.2 Å². The van der Waals surface area contributed by atoms with Crippen LogP contribution < -0.4 is 19.6 Å². The Hall–Kier alpha value is -2.84. The van der Waals surface area contributed by atoms with Crippen LogP contribution in [-0.2, 0) is 6.61 Å². The standard InChI is InChI=1S/C22H16Br2N2O4/c23-17-8-15(9-18(24)21(17)28-12-14-4-2-1-3-5-14)11-25-26-22(27)16-6-7-19-20(10-16)30-13-29-19/h1-11H,12-13H2,(H,26,27).